The second-order valence-corrected chi connectivity index (χ2v) is 4.63. The summed E-state index contributed by atoms with van der Waals surface area (Å²) in [4.78, 5) is 21.6. The minimum atomic E-state index is -0.748. The molecule has 1 unspecified atom stereocenters. The molecule has 0 spiro atoms. The van der Waals surface area contributed by atoms with Crippen molar-refractivity contribution in [3.8, 4) is 0 Å². The number of carbonyl (C=O) groups is 1. The maximum absolute atomic E-state index is 11.6. The van der Waals surface area contributed by atoms with Crippen LogP contribution in [0.5, 0.6) is 0 Å². The zero-order valence-corrected chi connectivity index (χ0v) is 10.6. The number of hydrogen-bond acceptors (Lipinski definition) is 4. The first-order valence-electron chi connectivity index (χ1n) is 5.49. The van der Waals surface area contributed by atoms with Crippen LogP contribution in [-0.2, 0) is 14.5 Å². The van der Waals surface area contributed by atoms with Gasteiger partial charge in [0.05, 0.1) is 11.2 Å². The van der Waals surface area contributed by atoms with Crippen LogP contribution in [0.4, 0.5) is 0 Å². The Kier molecular flexibility index (Phi) is 4.66. The third-order valence-electron chi connectivity index (χ3n) is 1.72. The molecule has 4 nitrogen and oxygen atoms in total. The van der Waals surface area contributed by atoms with Gasteiger partial charge in [0.2, 0.25) is 6.29 Å². The van der Waals surface area contributed by atoms with Crippen molar-refractivity contribution in [2.45, 2.75) is 39.6 Å². The van der Waals surface area contributed by atoms with Crippen LogP contribution in [0, 0.1) is 0 Å². The van der Waals surface area contributed by atoms with Crippen molar-refractivity contribution in [3.63, 3.8) is 0 Å². The Bertz CT molecular complexity index is 353. The van der Waals surface area contributed by atoms with E-state index in [9.17, 15) is 4.79 Å². The van der Waals surface area contributed by atoms with Crippen LogP contribution in [0.25, 0.3) is 0 Å². The molecule has 0 saturated heterocycles. The highest BCUT2D eigenvalue weighted by Gasteiger charge is 2.17. The van der Waals surface area contributed by atoms with Crippen LogP contribution >= 0.6 is 0 Å². The molecule has 0 aliphatic carbocycles. The van der Waals surface area contributed by atoms with Crippen molar-refractivity contribution >= 4 is 5.97 Å². The molecule has 0 heterocycles. The summed E-state index contributed by atoms with van der Waals surface area (Å²) in [5.41, 5.74) is 0.0478. The number of benzene rings is 1. The molecule has 0 aliphatic rings. The SMILES string of the molecule is CC(OOC(C)(C)C)OC(=O)c1ccccc1. The van der Waals surface area contributed by atoms with Gasteiger partial charge in [-0.3, -0.25) is 0 Å². The minimum absolute atomic E-state index is 0.435. The standard InChI is InChI=1S/C13H18O4/c1-10(16-17-13(2,3)4)15-12(14)11-8-6-5-7-9-11/h5-10H,1-4H3. The van der Waals surface area contributed by atoms with Gasteiger partial charge in [-0.2, -0.15) is 4.89 Å². The second kappa shape index (κ2) is 5.80. The molecule has 0 saturated carbocycles. The van der Waals surface area contributed by atoms with Gasteiger partial charge in [-0.1, -0.05) is 18.2 Å². The van der Waals surface area contributed by atoms with E-state index in [1.807, 2.05) is 26.8 Å². The van der Waals surface area contributed by atoms with Crippen LogP contribution < -0.4 is 0 Å². The van der Waals surface area contributed by atoms with Gasteiger partial charge in [0.1, 0.15) is 0 Å². The molecular formula is C13H18O4. The predicted molar refractivity (Wildman–Crippen MR) is 63.2 cm³/mol. The van der Waals surface area contributed by atoms with E-state index in [-0.39, 0.29) is 0 Å². The van der Waals surface area contributed by atoms with Crippen LogP contribution in [0.2, 0.25) is 0 Å². The smallest absolute Gasteiger partial charge is 0.340 e. The molecule has 0 amide bonds. The molecule has 1 rings (SSSR count). The summed E-state index contributed by atoms with van der Waals surface area (Å²) < 4.78 is 5.05. The molecule has 0 aromatic heterocycles. The highest BCUT2D eigenvalue weighted by Crippen LogP contribution is 2.11. The van der Waals surface area contributed by atoms with Gasteiger partial charge in [0, 0.05) is 6.92 Å². The lowest BCUT2D eigenvalue weighted by Gasteiger charge is -2.20. The first-order valence-corrected chi connectivity index (χ1v) is 5.49. The fourth-order valence-electron chi connectivity index (χ4n) is 1.02. The van der Waals surface area contributed by atoms with E-state index >= 15 is 0 Å². The summed E-state index contributed by atoms with van der Waals surface area (Å²) in [6.45, 7) is 7.14. The van der Waals surface area contributed by atoms with Crippen molar-refractivity contribution < 1.29 is 19.3 Å². The zero-order valence-electron chi connectivity index (χ0n) is 10.6. The van der Waals surface area contributed by atoms with Crippen molar-refractivity contribution in [3.05, 3.63) is 35.9 Å². The highest BCUT2D eigenvalue weighted by atomic mass is 17.2. The molecule has 1 aromatic carbocycles. The monoisotopic (exact) mass is 238 g/mol. The van der Waals surface area contributed by atoms with Crippen LogP contribution in [0.1, 0.15) is 38.1 Å². The van der Waals surface area contributed by atoms with E-state index in [0.29, 0.717) is 5.56 Å². The molecule has 0 fully saturated rings. The Balaban J connectivity index is 2.42. The van der Waals surface area contributed by atoms with Gasteiger partial charge >= 0.3 is 5.97 Å². The van der Waals surface area contributed by atoms with E-state index < -0.39 is 17.9 Å². The summed E-state index contributed by atoms with van der Waals surface area (Å²) in [7, 11) is 0. The fourth-order valence-corrected chi connectivity index (χ4v) is 1.02. The van der Waals surface area contributed by atoms with Gasteiger partial charge in [0.25, 0.3) is 0 Å². The summed E-state index contributed by atoms with van der Waals surface area (Å²) in [5.74, 6) is -0.435. The number of esters is 1. The molecule has 17 heavy (non-hydrogen) atoms. The molecule has 0 radical (unpaired) electrons. The largest absolute Gasteiger partial charge is 0.430 e. The predicted octanol–water partition coefficient (Wildman–Crippen LogP) is 2.94. The Morgan fingerprint density at radius 2 is 1.76 bits per heavy atom. The fraction of sp³-hybridized carbons (Fsp3) is 0.462. The average molecular weight is 238 g/mol. The highest BCUT2D eigenvalue weighted by molar-refractivity contribution is 5.89. The van der Waals surface area contributed by atoms with Crippen molar-refractivity contribution in [1.82, 2.24) is 0 Å². The maximum atomic E-state index is 11.6. The minimum Gasteiger partial charge on any atom is -0.430 e. The third-order valence-corrected chi connectivity index (χ3v) is 1.72. The quantitative estimate of drug-likeness (QED) is 0.350. The average Bonchev–Trinajstić information content (AvgIpc) is 2.27. The molecule has 0 N–H and O–H groups in total. The Hall–Kier alpha value is -1.39. The number of ether oxygens (including phenoxy) is 1. The molecule has 0 aliphatic heterocycles. The molecule has 1 atom stereocenters. The van der Waals surface area contributed by atoms with Gasteiger partial charge < -0.3 is 4.74 Å². The van der Waals surface area contributed by atoms with E-state index in [4.69, 9.17) is 14.5 Å². The molecular weight excluding hydrogens is 220 g/mol. The van der Waals surface area contributed by atoms with Gasteiger partial charge in [-0.05, 0) is 32.9 Å². The van der Waals surface area contributed by atoms with E-state index in [1.165, 1.54) is 0 Å². The molecule has 1 aromatic rings. The molecule has 0 bridgehead atoms. The lowest BCUT2D eigenvalue weighted by molar-refractivity contribution is -0.403. The Morgan fingerprint density at radius 3 is 2.29 bits per heavy atom. The van der Waals surface area contributed by atoms with E-state index in [2.05, 4.69) is 0 Å². The van der Waals surface area contributed by atoms with Crippen molar-refractivity contribution in [2.24, 2.45) is 0 Å². The first-order chi connectivity index (χ1) is 7.88. The summed E-state index contributed by atoms with van der Waals surface area (Å²) in [6.07, 6.45) is -0.748. The Labute approximate surface area is 101 Å². The van der Waals surface area contributed by atoms with Crippen LogP contribution in [0.15, 0.2) is 30.3 Å². The van der Waals surface area contributed by atoms with Gasteiger partial charge in [0.15, 0.2) is 0 Å². The second-order valence-electron chi connectivity index (χ2n) is 4.63. The summed E-state index contributed by atoms with van der Waals surface area (Å²) in [6, 6.07) is 8.74. The lowest BCUT2D eigenvalue weighted by atomic mass is 10.2. The van der Waals surface area contributed by atoms with Crippen LogP contribution in [-0.4, -0.2) is 17.9 Å². The van der Waals surface area contributed by atoms with E-state index in [1.54, 1.807) is 31.2 Å². The summed E-state index contributed by atoms with van der Waals surface area (Å²) in [5, 5.41) is 0. The van der Waals surface area contributed by atoms with Crippen molar-refractivity contribution in [2.75, 3.05) is 0 Å². The summed E-state index contributed by atoms with van der Waals surface area (Å²) >= 11 is 0. The van der Waals surface area contributed by atoms with Crippen LogP contribution in [0.3, 0.4) is 0 Å². The normalized spacial score (nSPS) is 13.2. The third kappa shape index (κ3) is 5.47. The molecule has 94 valence electrons. The van der Waals surface area contributed by atoms with E-state index in [0.717, 1.165) is 0 Å². The topological polar surface area (TPSA) is 44.8 Å². The lowest BCUT2D eigenvalue weighted by Crippen LogP contribution is -2.25. The van der Waals surface area contributed by atoms with Gasteiger partial charge in [-0.25, -0.2) is 9.68 Å². The zero-order chi connectivity index (χ0) is 12.9. The Morgan fingerprint density at radius 1 is 1.18 bits per heavy atom. The number of hydrogen-bond donors (Lipinski definition) is 0. The number of rotatable bonds is 4. The number of carbonyl (C=O) groups excluding carboxylic acids is 1. The maximum Gasteiger partial charge on any atom is 0.340 e. The first kappa shape index (κ1) is 13.7. The van der Waals surface area contributed by atoms with Gasteiger partial charge in [-0.15, -0.1) is 0 Å². The van der Waals surface area contributed by atoms with Crippen molar-refractivity contribution in [1.29, 1.82) is 0 Å². The molecule has 4 heteroatoms.